The second-order valence-corrected chi connectivity index (χ2v) is 5.65. The largest absolute Gasteiger partial charge is 0.475 e. The van der Waals surface area contributed by atoms with Crippen LogP contribution in [0.3, 0.4) is 0 Å². The zero-order valence-corrected chi connectivity index (χ0v) is 10.3. The number of nitrogens with zero attached hydrogens (tertiary/aromatic N) is 2. The summed E-state index contributed by atoms with van der Waals surface area (Å²) in [7, 11) is -0.802. The van der Waals surface area contributed by atoms with Crippen LogP contribution < -0.4 is 5.30 Å². The van der Waals surface area contributed by atoms with Gasteiger partial charge in [0.25, 0.3) is 0 Å². The molecule has 17 heavy (non-hydrogen) atoms. The molecule has 1 aromatic carbocycles. The van der Waals surface area contributed by atoms with Crippen LogP contribution in [0.1, 0.15) is 0 Å². The van der Waals surface area contributed by atoms with Gasteiger partial charge in [0.1, 0.15) is 21.1 Å². The van der Waals surface area contributed by atoms with Crippen LogP contribution in [0.15, 0.2) is 40.3 Å². The van der Waals surface area contributed by atoms with Gasteiger partial charge in [0.2, 0.25) is 11.3 Å². The molecule has 0 amide bonds. The Hall–Kier alpha value is -1.41. The van der Waals surface area contributed by atoms with Crippen LogP contribution in [0.5, 0.6) is 0 Å². The summed E-state index contributed by atoms with van der Waals surface area (Å²) in [6, 6.07) is 10.2. The second kappa shape index (κ2) is 4.84. The first-order valence-electron chi connectivity index (χ1n) is 5.65. The number of rotatable bonds is 3. The lowest BCUT2D eigenvalue weighted by Gasteiger charge is -2.16. The number of benzene rings is 1. The third kappa shape index (κ3) is 2.18. The monoisotopic (exact) mass is 248 g/mol. The Morgan fingerprint density at radius 2 is 1.47 bits per heavy atom. The lowest BCUT2D eigenvalue weighted by Crippen LogP contribution is -2.16. The van der Waals surface area contributed by atoms with Gasteiger partial charge in [-0.1, -0.05) is 30.3 Å². The lowest BCUT2D eigenvalue weighted by molar-refractivity contribution is 0.350. The van der Waals surface area contributed by atoms with E-state index in [1.54, 1.807) is 0 Å². The molecule has 2 aliphatic rings. The molecule has 0 atom stereocenters. The fraction of sp³-hybridized carbons (Fsp3) is 0.333. The summed E-state index contributed by atoms with van der Waals surface area (Å²) in [6.07, 6.45) is 0. The van der Waals surface area contributed by atoms with E-state index in [0.717, 1.165) is 24.4 Å². The van der Waals surface area contributed by atoms with Crippen LogP contribution in [0, 0.1) is 0 Å². The van der Waals surface area contributed by atoms with E-state index in [1.165, 1.54) is 5.30 Å². The molecular weight excluding hydrogens is 235 g/mol. The fourth-order valence-electron chi connectivity index (χ4n) is 1.80. The molecule has 0 aromatic heterocycles. The van der Waals surface area contributed by atoms with E-state index in [1.807, 2.05) is 18.2 Å². The Bertz CT molecular complexity index is 435. The van der Waals surface area contributed by atoms with Gasteiger partial charge in [0.05, 0.1) is 13.1 Å². The van der Waals surface area contributed by atoms with Crippen molar-refractivity contribution in [1.29, 1.82) is 0 Å². The van der Waals surface area contributed by atoms with E-state index in [-0.39, 0.29) is 0 Å². The molecule has 0 bridgehead atoms. The summed E-state index contributed by atoms with van der Waals surface area (Å²) in [5, 5.41) is 1.18. The minimum atomic E-state index is -0.802. The summed E-state index contributed by atoms with van der Waals surface area (Å²) in [6.45, 7) is 2.84. The first-order chi connectivity index (χ1) is 8.45. The molecule has 0 saturated carbocycles. The van der Waals surface area contributed by atoms with Crippen LogP contribution in [0.25, 0.3) is 0 Å². The van der Waals surface area contributed by atoms with Gasteiger partial charge >= 0.3 is 0 Å². The summed E-state index contributed by atoms with van der Waals surface area (Å²) in [5.41, 5.74) is 1.60. The normalized spacial score (nSPS) is 18.6. The van der Waals surface area contributed by atoms with Gasteiger partial charge in [-0.05, 0) is 5.30 Å². The van der Waals surface area contributed by atoms with E-state index >= 15 is 0 Å². The van der Waals surface area contributed by atoms with Crippen molar-refractivity contribution in [3.63, 3.8) is 0 Å². The molecule has 2 aliphatic heterocycles. The van der Waals surface area contributed by atoms with Gasteiger partial charge in [-0.3, -0.25) is 0 Å². The molecule has 5 heteroatoms. The Morgan fingerprint density at radius 1 is 0.882 bits per heavy atom. The Balaban J connectivity index is 1.96. The number of hydrogen-bond donors (Lipinski definition) is 0. The number of hydrogen-bond acceptors (Lipinski definition) is 4. The van der Waals surface area contributed by atoms with E-state index in [9.17, 15) is 0 Å². The molecular formula is C12H13N2O2P. The predicted molar refractivity (Wildman–Crippen MR) is 69.5 cm³/mol. The Morgan fingerprint density at radius 3 is 1.94 bits per heavy atom. The van der Waals surface area contributed by atoms with Crippen molar-refractivity contribution in [2.45, 2.75) is 0 Å². The first-order valence-corrected chi connectivity index (χ1v) is 6.99. The van der Waals surface area contributed by atoms with Crippen molar-refractivity contribution in [3.8, 4) is 0 Å². The molecule has 1 aromatic rings. The van der Waals surface area contributed by atoms with E-state index < -0.39 is 7.92 Å². The molecule has 0 radical (unpaired) electrons. The van der Waals surface area contributed by atoms with E-state index in [0.29, 0.717) is 13.2 Å². The summed E-state index contributed by atoms with van der Waals surface area (Å²) in [5.74, 6) is 0. The Labute approximate surface area is 101 Å². The van der Waals surface area contributed by atoms with E-state index in [4.69, 9.17) is 9.47 Å². The lowest BCUT2D eigenvalue weighted by atomic mass is 10.4. The highest BCUT2D eigenvalue weighted by Gasteiger charge is 2.30. The second-order valence-electron chi connectivity index (χ2n) is 3.70. The minimum absolute atomic E-state index is 0.675. The SMILES string of the molecule is c1ccc(P(C2=NCCO2)C2=NCCO2)cc1. The smallest absolute Gasteiger partial charge is 0.220 e. The van der Waals surface area contributed by atoms with Crippen LogP contribution in [0.4, 0.5) is 0 Å². The molecule has 2 heterocycles. The van der Waals surface area contributed by atoms with Crippen LogP contribution in [0.2, 0.25) is 0 Å². The standard InChI is InChI=1S/C12H13N2O2P/c1-2-4-10(5-3-1)17(11-13-6-8-15-11)12-14-7-9-16-12/h1-5H,6-9H2. The maximum atomic E-state index is 5.60. The Kier molecular flexibility index (Phi) is 3.06. The highest BCUT2D eigenvalue weighted by atomic mass is 31.1. The van der Waals surface area contributed by atoms with Crippen molar-refractivity contribution >= 4 is 24.5 Å². The molecule has 3 rings (SSSR count). The maximum Gasteiger partial charge on any atom is 0.220 e. The van der Waals surface area contributed by atoms with E-state index in [2.05, 4.69) is 22.1 Å². The minimum Gasteiger partial charge on any atom is -0.475 e. The maximum absolute atomic E-state index is 5.60. The molecule has 88 valence electrons. The molecule has 0 aliphatic carbocycles. The molecule has 0 N–H and O–H groups in total. The molecule has 0 unspecified atom stereocenters. The van der Waals surface area contributed by atoms with Gasteiger partial charge in [0.15, 0.2) is 0 Å². The third-order valence-corrected chi connectivity index (χ3v) is 4.66. The van der Waals surface area contributed by atoms with Crippen LogP contribution >= 0.6 is 7.92 Å². The quantitative estimate of drug-likeness (QED) is 0.762. The zero-order valence-electron chi connectivity index (χ0n) is 9.37. The van der Waals surface area contributed by atoms with Crippen molar-refractivity contribution in [1.82, 2.24) is 0 Å². The summed E-state index contributed by atoms with van der Waals surface area (Å²) >= 11 is 0. The molecule has 0 fully saturated rings. The van der Waals surface area contributed by atoms with Crippen molar-refractivity contribution in [2.75, 3.05) is 26.3 Å². The first kappa shape index (κ1) is 10.7. The average Bonchev–Trinajstić information content (AvgIpc) is 3.04. The van der Waals surface area contributed by atoms with Gasteiger partial charge in [-0.15, -0.1) is 0 Å². The summed E-state index contributed by atoms with van der Waals surface area (Å²) in [4.78, 5) is 8.84. The fourth-order valence-corrected chi connectivity index (χ4v) is 3.80. The van der Waals surface area contributed by atoms with Crippen molar-refractivity contribution in [3.05, 3.63) is 30.3 Å². The molecule has 0 saturated heterocycles. The van der Waals surface area contributed by atoms with Gasteiger partial charge in [-0.25, -0.2) is 9.98 Å². The van der Waals surface area contributed by atoms with Crippen LogP contribution in [-0.2, 0) is 9.47 Å². The highest BCUT2D eigenvalue weighted by Crippen LogP contribution is 2.41. The average molecular weight is 248 g/mol. The van der Waals surface area contributed by atoms with Crippen molar-refractivity contribution in [2.24, 2.45) is 9.98 Å². The molecule has 4 nitrogen and oxygen atoms in total. The molecule has 0 spiro atoms. The van der Waals surface area contributed by atoms with Gasteiger partial charge in [0, 0.05) is 0 Å². The summed E-state index contributed by atoms with van der Waals surface area (Å²) < 4.78 is 11.2. The van der Waals surface area contributed by atoms with Gasteiger partial charge in [-0.2, -0.15) is 0 Å². The highest BCUT2D eigenvalue weighted by molar-refractivity contribution is 7.94. The zero-order chi connectivity index (χ0) is 11.5. The topological polar surface area (TPSA) is 43.2 Å². The third-order valence-electron chi connectivity index (χ3n) is 2.54. The number of ether oxygens (including phenoxy) is 2. The van der Waals surface area contributed by atoms with Crippen molar-refractivity contribution < 1.29 is 9.47 Å². The number of aliphatic imine (C=N–C) groups is 2. The predicted octanol–water partition coefficient (Wildman–Crippen LogP) is 1.57. The van der Waals surface area contributed by atoms with Gasteiger partial charge < -0.3 is 9.47 Å². The van der Waals surface area contributed by atoms with Crippen LogP contribution in [-0.4, -0.2) is 37.6 Å².